The third-order valence-corrected chi connectivity index (χ3v) is 2.88. The number of rotatable bonds is 9. The molecule has 0 fully saturated rings. The molecule has 0 bridgehead atoms. The number of carboxylic acids is 2. The van der Waals surface area contributed by atoms with E-state index in [1.54, 1.807) is 18.2 Å². The number of nitrogens with one attached hydrogen (secondary N) is 1. The number of carbonyl (C=O) groups excluding carboxylic acids is 1. The Morgan fingerprint density at radius 3 is 2.41 bits per heavy atom. The van der Waals surface area contributed by atoms with Gasteiger partial charge in [0, 0.05) is 18.4 Å². The van der Waals surface area contributed by atoms with Crippen LogP contribution in [0, 0.1) is 0 Å². The van der Waals surface area contributed by atoms with Gasteiger partial charge in [-0.3, -0.25) is 9.59 Å². The van der Waals surface area contributed by atoms with Gasteiger partial charge in [-0.15, -0.1) is 0 Å². The molecule has 0 aromatic heterocycles. The van der Waals surface area contributed by atoms with E-state index in [4.69, 9.17) is 10.2 Å². The zero-order valence-electron chi connectivity index (χ0n) is 12.0. The Morgan fingerprint density at radius 1 is 1.05 bits per heavy atom. The van der Waals surface area contributed by atoms with E-state index < -0.39 is 11.9 Å². The summed E-state index contributed by atoms with van der Waals surface area (Å²) in [5.74, 6) is -2.20. The van der Waals surface area contributed by atoms with E-state index in [9.17, 15) is 14.4 Å². The van der Waals surface area contributed by atoms with Crippen molar-refractivity contribution in [2.45, 2.75) is 32.1 Å². The number of amides is 1. The quantitative estimate of drug-likeness (QED) is 0.366. The molecule has 0 aliphatic carbocycles. The maximum absolute atomic E-state index is 11.5. The van der Waals surface area contributed by atoms with Gasteiger partial charge in [-0.2, -0.15) is 5.10 Å². The van der Waals surface area contributed by atoms with Gasteiger partial charge in [-0.05, 0) is 18.9 Å². The second kappa shape index (κ2) is 9.28. The molecule has 22 heavy (non-hydrogen) atoms. The van der Waals surface area contributed by atoms with E-state index in [0.29, 0.717) is 24.8 Å². The summed E-state index contributed by atoms with van der Waals surface area (Å²) in [5, 5.41) is 21.2. The highest BCUT2D eigenvalue weighted by molar-refractivity contribution is 5.98. The number of hydrazone groups is 1. The van der Waals surface area contributed by atoms with Gasteiger partial charge in [0.15, 0.2) is 0 Å². The first kappa shape index (κ1) is 17.4. The summed E-state index contributed by atoms with van der Waals surface area (Å²) in [7, 11) is 0. The number of hydrogen-bond acceptors (Lipinski definition) is 4. The number of carbonyl (C=O) groups is 3. The van der Waals surface area contributed by atoms with Crippen LogP contribution in [0.5, 0.6) is 0 Å². The molecule has 7 nitrogen and oxygen atoms in total. The third kappa shape index (κ3) is 6.65. The highest BCUT2D eigenvalue weighted by Crippen LogP contribution is 2.06. The Kier molecular flexibility index (Phi) is 7.32. The average Bonchev–Trinajstić information content (AvgIpc) is 2.47. The van der Waals surface area contributed by atoms with Gasteiger partial charge < -0.3 is 10.2 Å². The molecule has 1 aromatic rings. The van der Waals surface area contributed by atoms with Crippen LogP contribution in [0.2, 0.25) is 0 Å². The number of carboxylic acid groups (broad SMARTS) is 2. The van der Waals surface area contributed by atoms with Crippen LogP contribution in [0.3, 0.4) is 0 Å². The van der Waals surface area contributed by atoms with E-state index in [0.717, 1.165) is 0 Å². The average molecular weight is 306 g/mol. The first-order valence-electron chi connectivity index (χ1n) is 6.86. The third-order valence-electron chi connectivity index (χ3n) is 2.88. The van der Waals surface area contributed by atoms with Gasteiger partial charge in [0.05, 0.1) is 11.8 Å². The number of hydrogen-bond donors (Lipinski definition) is 3. The highest BCUT2D eigenvalue weighted by Gasteiger charge is 2.07. The molecule has 1 amide bonds. The van der Waals surface area contributed by atoms with Crippen LogP contribution in [0.25, 0.3) is 0 Å². The number of aliphatic carboxylic acids is 1. The lowest BCUT2D eigenvalue weighted by Gasteiger charge is -2.01. The summed E-state index contributed by atoms with van der Waals surface area (Å²) < 4.78 is 0. The van der Waals surface area contributed by atoms with Crippen LogP contribution < -0.4 is 5.43 Å². The van der Waals surface area contributed by atoms with Gasteiger partial charge in [0.1, 0.15) is 0 Å². The minimum atomic E-state index is -1.06. The monoisotopic (exact) mass is 306 g/mol. The topological polar surface area (TPSA) is 116 Å². The maximum Gasteiger partial charge on any atom is 0.336 e. The minimum absolute atomic E-state index is 0.103. The van der Waals surface area contributed by atoms with Crippen LogP contribution >= 0.6 is 0 Å². The van der Waals surface area contributed by atoms with Gasteiger partial charge >= 0.3 is 11.9 Å². The molecule has 0 spiro atoms. The van der Waals surface area contributed by atoms with Gasteiger partial charge in [0.25, 0.3) is 0 Å². The zero-order valence-corrected chi connectivity index (χ0v) is 12.0. The normalized spacial score (nSPS) is 10.5. The summed E-state index contributed by atoms with van der Waals surface area (Å²) in [5.41, 5.74) is 2.82. The first-order chi connectivity index (χ1) is 10.5. The second-order valence-corrected chi connectivity index (χ2v) is 4.64. The van der Waals surface area contributed by atoms with E-state index in [2.05, 4.69) is 10.5 Å². The van der Waals surface area contributed by atoms with E-state index in [1.807, 2.05) is 0 Å². The zero-order chi connectivity index (χ0) is 16.4. The molecule has 0 saturated carbocycles. The SMILES string of the molecule is O=C(O)CCCCCC(=O)N/N=C\c1ccccc1C(=O)O. The number of unbranched alkanes of at least 4 members (excludes halogenated alkanes) is 2. The molecular formula is C15H18N2O5. The first-order valence-corrected chi connectivity index (χ1v) is 6.86. The lowest BCUT2D eigenvalue weighted by Crippen LogP contribution is -2.17. The van der Waals surface area contributed by atoms with Crippen LogP contribution in [-0.2, 0) is 9.59 Å². The van der Waals surface area contributed by atoms with Crippen LogP contribution in [0.4, 0.5) is 0 Å². The molecule has 7 heteroatoms. The Hall–Kier alpha value is -2.70. The molecule has 1 aromatic carbocycles. The maximum atomic E-state index is 11.5. The summed E-state index contributed by atoms with van der Waals surface area (Å²) in [6, 6.07) is 6.33. The molecule has 0 radical (unpaired) electrons. The van der Waals surface area contributed by atoms with Crippen molar-refractivity contribution in [3.05, 3.63) is 35.4 Å². The number of benzene rings is 1. The molecular weight excluding hydrogens is 288 g/mol. The van der Waals surface area contributed by atoms with Crippen molar-refractivity contribution in [1.29, 1.82) is 0 Å². The fourth-order valence-electron chi connectivity index (χ4n) is 1.77. The minimum Gasteiger partial charge on any atom is -0.481 e. The van der Waals surface area contributed by atoms with Crippen LogP contribution in [-0.4, -0.2) is 34.3 Å². The van der Waals surface area contributed by atoms with Crippen molar-refractivity contribution in [2.24, 2.45) is 5.10 Å². The molecule has 3 N–H and O–H groups in total. The Balaban J connectivity index is 2.35. The Morgan fingerprint density at radius 2 is 1.73 bits per heavy atom. The predicted octanol–water partition coefficient (Wildman–Crippen LogP) is 1.87. The summed E-state index contributed by atoms with van der Waals surface area (Å²) in [6.45, 7) is 0. The molecule has 0 atom stereocenters. The molecule has 0 aliphatic rings. The van der Waals surface area contributed by atoms with Crippen LogP contribution in [0.15, 0.2) is 29.4 Å². The molecule has 0 aliphatic heterocycles. The van der Waals surface area contributed by atoms with Crippen molar-refractivity contribution >= 4 is 24.1 Å². The lowest BCUT2D eigenvalue weighted by atomic mass is 10.1. The molecule has 118 valence electrons. The predicted molar refractivity (Wildman–Crippen MR) is 79.9 cm³/mol. The molecule has 0 saturated heterocycles. The fraction of sp³-hybridized carbons (Fsp3) is 0.333. The van der Waals surface area contributed by atoms with Gasteiger partial charge in [-0.1, -0.05) is 24.6 Å². The fourth-order valence-corrected chi connectivity index (χ4v) is 1.77. The Bertz CT molecular complexity index is 569. The summed E-state index contributed by atoms with van der Waals surface area (Å²) in [6.07, 6.45) is 3.42. The number of aromatic carboxylic acids is 1. The van der Waals surface area contributed by atoms with E-state index in [-0.39, 0.29) is 24.3 Å². The smallest absolute Gasteiger partial charge is 0.336 e. The van der Waals surface area contributed by atoms with Gasteiger partial charge in [-0.25, -0.2) is 10.2 Å². The molecule has 0 heterocycles. The number of nitrogens with zero attached hydrogens (tertiary/aromatic N) is 1. The van der Waals surface area contributed by atoms with Gasteiger partial charge in [0.2, 0.25) is 5.91 Å². The van der Waals surface area contributed by atoms with E-state index in [1.165, 1.54) is 12.3 Å². The highest BCUT2D eigenvalue weighted by atomic mass is 16.4. The molecule has 1 rings (SSSR count). The van der Waals surface area contributed by atoms with Crippen LogP contribution in [0.1, 0.15) is 48.0 Å². The summed E-state index contributed by atoms with van der Waals surface area (Å²) >= 11 is 0. The molecule has 0 unspecified atom stereocenters. The second-order valence-electron chi connectivity index (χ2n) is 4.64. The largest absolute Gasteiger partial charge is 0.481 e. The van der Waals surface area contributed by atoms with Crippen molar-refractivity contribution in [3.8, 4) is 0 Å². The van der Waals surface area contributed by atoms with Crippen molar-refractivity contribution in [2.75, 3.05) is 0 Å². The van der Waals surface area contributed by atoms with Crippen molar-refractivity contribution < 1.29 is 24.6 Å². The Labute approximate surface area is 127 Å². The standard InChI is InChI=1S/C15H18N2O5/c18-13(8-2-1-3-9-14(19)20)17-16-10-11-6-4-5-7-12(11)15(21)22/h4-7,10H,1-3,8-9H2,(H,17,18)(H,19,20)(H,21,22)/b16-10-. The summed E-state index contributed by atoms with van der Waals surface area (Å²) in [4.78, 5) is 32.8. The lowest BCUT2D eigenvalue weighted by molar-refractivity contribution is -0.137. The van der Waals surface area contributed by atoms with Crippen molar-refractivity contribution in [1.82, 2.24) is 5.43 Å². The van der Waals surface area contributed by atoms with Crippen molar-refractivity contribution in [3.63, 3.8) is 0 Å². The van der Waals surface area contributed by atoms with E-state index >= 15 is 0 Å².